The Balaban J connectivity index is 2.43. The summed E-state index contributed by atoms with van der Waals surface area (Å²) in [5.74, 6) is -0.270. The van der Waals surface area contributed by atoms with Gasteiger partial charge in [-0.2, -0.15) is 0 Å². The van der Waals surface area contributed by atoms with E-state index >= 15 is 0 Å². The summed E-state index contributed by atoms with van der Waals surface area (Å²) in [4.78, 5) is 0.939. The second-order valence-corrected chi connectivity index (χ2v) is 7.79. The van der Waals surface area contributed by atoms with Crippen molar-refractivity contribution in [2.75, 3.05) is 0 Å². The van der Waals surface area contributed by atoms with Crippen LogP contribution in [0.3, 0.4) is 0 Å². The van der Waals surface area contributed by atoms with Crippen LogP contribution in [0.5, 0.6) is 0 Å². The van der Waals surface area contributed by atoms with Crippen LogP contribution >= 0.6 is 70.7 Å². The zero-order valence-corrected chi connectivity index (χ0v) is 14.5. The Hall–Kier alpha value is 0.580. The summed E-state index contributed by atoms with van der Waals surface area (Å²) in [6.45, 7) is 0. The van der Waals surface area contributed by atoms with Crippen molar-refractivity contribution in [1.82, 2.24) is 0 Å². The van der Waals surface area contributed by atoms with E-state index in [2.05, 4.69) is 47.8 Å². The van der Waals surface area contributed by atoms with E-state index in [-0.39, 0.29) is 10.6 Å². The predicted molar refractivity (Wildman–Crippen MR) is 81.9 cm³/mol. The standard InChI is InChI=1S/C11H5Br3ClFS/c12-9-5(2-1-3-7(9)16)10(13)8-4-6(15)11(14)17-8/h1-4,10H. The molecule has 0 fully saturated rings. The van der Waals surface area contributed by atoms with E-state index in [0.29, 0.717) is 9.50 Å². The summed E-state index contributed by atoms with van der Waals surface area (Å²) in [5, 5.41) is 0.668. The predicted octanol–water partition coefficient (Wildman–Crippen LogP) is 6.55. The second kappa shape index (κ2) is 5.70. The number of rotatable bonds is 2. The molecule has 6 heteroatoms. The molecular formula is C11H5Br3ClFS. The molecule has 0 radical (unpaired) electrons. The number of halogens is 5. The average molecular weight is 463 g/mol. The van der Waals surface area contributed by atoms with E-state index in [1.807, 2.05) is 12.1 Å². The van der Waals surface area contributed by atoms with Gasteiger partial charge in [-0.3, -0.25) is 0 Å². The number of alkyl halides is 1. The van der Waals surface area contributed by atoms with E-state index in [9.17, 15) is 4.39 Å². The first-order valence-corrected chi connectivity index (χ1v) is 8.23. The smallest absolute Gasteiger partial charge is 0.137 e. The van der Waals surface area contributed by atoms with Gasteiger partial charge in [-0.25, -0.2) is 4.39 Å². The molecule has 0 amide bonds. The maximum atomic E-state index is 13.4. The van der Waals surface area contributed by atoms with Crippen LogP contribution in [0, 0.1) is 5.82 Å². The maximum Gasteiger partial charge on any atom is 0.137 e. The molecule has 2 aromatic rings. The van der Waals surface area contributed by atoms with E-state index in [1.54, 1.807) is 6.07 Å². The second-order valence-electron chi connectivity index (χ2n) is 3.28. The third-order valence-electron chi connectivity index (χ3n) is 2.17. The lowest BCUT2D eigenvalue weighted by Crippen LogP contribution is -1.93. The molecule has 0 aliphatic rings. The SMILES string of the molecule is Fc1cccc(C(Br)c2cc(Cl)c(Br)s2)c1Br. The highest BCUT2D eigenvalue weighted by Crippen LogP contribution is 2.43. The summed E-state index contributed by atoms with van der Waals surface area (Å²) in [5.41, 5.74) is 0.843. The van der Waals surface area contributed by atoms with E-state index < -0.39 is 0 Å². The van der Waals surface area contributed by atoms with Gasteiger partial charge in [0.2, 0.25) is 0 Å². The number of hydrogen-bond donors (Lipinski definition) is 0. The maximum absolute atomic E-state index is 13.4. The molecule has 0 N–H and O–H groups in total. The van der Waals surface area contributed by atoms with Crippen molar-refractivity contribution in [3.63, 3.8) is 0 Å². The van der Waals surface area contributed by atoms with Gasteiger partial charge in [-0.1, -0.05) is 39.7 Å². The quantitative estimate of drug-likeness (QED) is 0.443. The lowest BCUT2D eigenvalue weighted by atomic mass is 10.1. The van der Waals surface area contributed by atoms with Gasteiger partial charge in [0.05, 0.1) is 18.1 Å². The monoisotopic (exact) mass is 460 g/mol. The van der Waals surface area contributed by atoms with Gasteiger partial charge >= 0.3 is 0 Å². The van der Waals surface area contributed by atoms with Gasteiger partial charge in [0, 0.05) is 4.88 Å². The third kappa shape index (κ3) is 2.95. The molecule has 0 bridgehead atoms. The zero-order chi connectivity index (χ0) is 12.6. The minimum Gasteiger partial charge on any atom is -0.206 e. The average Bonchev–Trinajstić information content (AvgIpc) is 2.62. The van der Waals surface area contributed by atoms with Crippen LogP contribution in [-0.4, -0.2) is 0 Å². The largest absolute Gasteiger partial charge is 0.206 e. The van der Waals surface area contributed by atoms with E-state index in [0.717, 1.165) is 14.2 Å². The first-order chi connectivity index (χ1) is 8.00. The Bertz CT molecular complexity index is 536. The minimum absolute atomic E-state index is 0.0821. The van der Waals surface area contributed by atoms with Crippen molar-refractivity contribution < 1.29 is 4.39 Å². The molecule has 1 unspecified atom stereocenters. The first-order valence-electron chi connectivity index (χ1n) is 4.53. The van der Waals surface area contributed by atoms with Crippen LogP contribution in [0.4, 0.5) is 4.39 Å². The van der Waals surface area contributed by atoms with Crippen molar-refractivity contribution in [2.24, 2.45) is 0 Å². The third-order valence-corrected chi connectivity index (χ3v) is 6.83. The van der Waals surface area contributed by atoms with Gasteiger partial charge in [-0.15, -0.1) is 11.3 Å². The van der Waals surface area contributed by atoms with Crippen LogP contribution in [0.2, 0.25) is 5.02 Å². The Morgan fingerprint density at radius 3 is 2.59 bits per heavy atom. The van der Waals surface area contributed by atoms with Crippen LogP contribution < -0.4 is 0 Å². The van der Waals surface area contributed by atoms with Gasteiger partial charge in [-0.05, 0) is 49.6 Å². The molecule has 0 aliphatic carbocycles. The summed E-state index contributed by atoms with van der Waals surface area (Å²) < 4.78 is 14.8. The van der Waals surface area contributed by atoms with Crippen molar-refractivity contribution in [1.29, 1.82) is 0 Å². The van der Waals surface area contributed by atoms with Crippen molar-refractivity contribution in [3.05, 3.63) is 53.8 Å². The molecule has 90 valence electrons. The topological polar surface area (TPSA) is 0 Å². The van der Waals surface area contributed by atoms with E-state index in [1.165, 1.54) is 17.4 Å². The fourth-order valence-electron chi connectivity index (χ4n) is 1.36. The molecule has 2 rings (SSSR count). The van der Waals surface area contributed by atoms with Crippen LogP contribution in [0.15, 0.2) is 32.5 Å². The Morgan fingerprint density at radius 2 is 2.00 bits per heavy atom. The van der Waals surface area contributed by atoms with Gasteiger partial charge in [0.25, 0.3) is 0 Å². The zero-order valence-electron chi connectivity index (χ0n) is 8.18. The Kier molecular flexibility index (Phi) is 4.69. The Labute approximate surface area is 133 Å². The molecule has 1 atom stereocenters. The fraction of sp³-hybridized carbons (Fsp3) is 0.0909. The minimum atomic E-state index is -0.270. The number of hydrogen-bond acceptors (Lipinski definition) is 1. The normalized spacial score (nSPS) is 12.8. The van der Waals surface area contributed by atoms with Crippen LogP contribution in [-0.2, 0) is 0 Å². The Morgan fingerprint density at radius 1 is 1.29 bits per heavy atom. The summed E-state index contributed by atoms with van der Waals surface area (Å²) in [6, 6.07) is 6.85. The van der Waals surface area contributed by atoms with Crippen LogP contribution in [0.1, 0.15) is 15.3 Å². The molecule has 0 aliphatic heterocycles. The van der Waals surface area contributed by atoms with Crippen LogP contribution in [0.25, 0.3) is 0 Å². The molecular weight excluding hydrogens is 458 g/mol. The highest BCUT2D eigenvalue weighted by atomic mass is 79.9. The highest BCUT2D eigenvalue weighted by Gasteiger charge is 2.18. The molecule has 1 aromatic carbocycles. The fourth-order valence-corrected chi connectivity index (χ4v) is 4.70. The van der Waals surface area contributed by atoms with Crippen molar-refractivity contribution in [3.8, 4) is 0 Å². The number of benzene rings is 1. The van der Waals surface area contributed by atoms with Gasteiger partial charge < -0.3 is 0 Å². The lowest BCUT2D eigenvalue weighted by molar-refractivity contribution is 0.619. The molecule has 17 heavy (non-hydrogen) atoms. The van der Waals surface area contributed by atoms with Crippen molar-refractivity contribution >= 4 is 70.7 Å². The lowest BCUT2D eigenvalue weighted by Gasteiger charge is -2.10. The summed E-state index contributed by atoms with van der Waals surface area (Å²) >= 11 is 17.7. The molecule has 0 nitrogen and oxygen atoms in total. The molecule has 0 spiro atoms. The molecule has 0 saturated heterocycles. The van der Waals surface area contributed by atoms with E-state index in [4.69, 9.17) is 11.6 Å². The van der Waals surface area contributed by atoms with Crippen molar-refractivity contribution in [2.45, 2.75) is 4.83 Å². The molecule has 1 aromatic heterocycles. The molecule has 0 saturated carbocycles. The first kappa shape index (κ1) is 14.0. The summed E-state index contributed by atoms with van der Waals surface area (Å²) in [6.07, 6.45) is 0. The number of thiophene rings is 1. The van der Waals surface area contributed by atoms with Gasteiger partial charge in [0.1, 0.15) is 5.82 Å². The summed E-state index contributed by atoms with van der Waals surface area (Å²) in [7, 11) is 0. The van der Waals surface area contributed by atoms with Gasteiger partial charge in [0.15, 0.2) is 0 Å². The molecule has 1 heterocycles. The highest BCUT2D eigenvalue weighted by molar-refractivity contribution is 9.11.